The van der Waals surface area contributed by atoms with Crippen molar-refractivity contribution >= 4 is 31.9 Å². The smallest absolute Gasteiger partial charge is 0.125 e. The zero-order valence-corrected chi connectivity index (χ0v) is 13.0. The van der Waals surface area contributed by atoms with E-state index in [0.29, 0.717) is 15.8 Å². The molecule has 0 bridgehead atoms. The molecule has 0 saturated carbocycles. The Morgan fingerprint density at radius 2 is 1.84 bits per heavy atom. The maximum Gasteiger partial charge on any atom is 0.125 e. The van der Waals surface area contributed by atoms with E-state index in [-0.39, 0.29) is 19.0 Å². The predicted octanol–water partition coefficient (Wildman–Crippen LogP) is 4.42. The fraction of sp³-hybridized carbons (Fsp3) is 0.143. The SMILES string of the molecule is OCc1cc(Br)ccc1OCc1cc(F)cc(Br)c1. The minimum atomic E-state index is -0.314. The van der Waals surface area contributed by atoms with Crippen LogP contribution >= 0.6 is 31.9 Å². The molecule has 0 fully saturated rings. The first kappa shape index (κ1) is 14.5. The largest absolute Gasteiger partial charge is 0.489 e. The molecule has 0 aliphatic carbocycles. The minimum Gasteiger partial charge on any atom is -0.489 e. The fourth-order valence-electron chi connectivity index (χ4n) is 1.67. The highest BCUT2D eigenvalue weighted by atomic mass is 79.9. The van der Waals surface area contributed by atoms with Crippen molar-refractivity contribution in [2.75, 3.05) is 0 Å². The third-order valence-electron chi connectivity index (χ3n) is 2.51. The van der Waals surface area contributed by atoms with Crippen LogP contribution in [0.5, 0.6) is 5.75 Å². The van der Waals surface area contributed by atoms with Crippen LogP contribution in [0.25, 0.3) is 0 Å². The van der Waals surface area contributed by atoms with Crippen molar-refractivity contribution in [3.05, 3.63) is 62.3 Å². The Morgan fingerprint density at radius 3 is 2.53 bits per heavy atom. The van der Waals surface area contributed by atoms with Crippen LogP contribution in [0.4, 0.5) is 4.39 Å². The molecule has 2 rings (SSSR count). The molecule has 0 atom stereocenters. The second-order valence-electron chi connectivity index (χ2n) is 3.98. The van der Waals surface area contributed by atoms with Crippen LogP contribution in [-0.4, -0.2) is 5.11 Å². The molecule has 0 heterocycles. The van der Waals surface area contributed by atoms with Crippen molar-refractivity contribution in [3.8, 4) is 5.75 Å². The molecule has 0 spiro atoms. The summed E-state index contributed by atoms with van der Waals surface area (Å²) in [4.78, 5) is 0. The number of hydrogen-bond acceptors (Lipinski definition) is 2. The zero-order chi connectivity index (χ0) is 13.8. The molecule has 0 radical (unpaired) electrons. The summed E-state index contributed by atoms with van der Waals surface area (Å²) < 4.78 is 20.4. The number of aliphatic hydroxyl groups is 1. The number of ether oxygens (including phenoxy) is 1. The molecule has 19 heavy (non-hydrogen) atoms. The number of rotatable bonds is 4. The van der Waals surface area contributed by atoms with Crippen molar-refractivity contribution in [2.45, 2.75) is 13.2 Å². The Labute approximate surface area is 127 Å². The standard InChI is InChI=1S/C14H11Br2FO2/c15-11-1-2-14(10(5-11)7-18)19-8-9-3-12(16)6-13(17)4-9/h1-6,18H,7-8H2. The molecule has 5 heteroatoms. The van der Waals surface area contributed by atoms with Gasteiger partial charge in [0.05, 0.1) is 6.61 Å². The number of hydrogen-bond donors (Lipinski definition) is 1. The molecule has 0 unspecified atom stereocenters. The lowest BCUT2D eigenvalue weighted by Crippen LogP contribution is -1.99. The first-order valence-electron chi connectivity index (χ1n) is 5.55. The van der Waals surface area contributed by atoms with Gasteiger partial charge in [0.2, 0.25) is 0 Å². The Kier molecular flexibility index (Phi) is 4.96. The van der Waals surface area contributed by atoms with E-state index in [1.807, 2.05) is 6.07 Å². The maximum atomic E-state index is 13.2. The van der Waals surface area contributed by atoms with Gasteiger partial charge in [-0.3, -0.25) is 0 Å². The van der Waals surface area contributed by atoms with Crippen LogP contribution in [0.3, 0.4) is 0 Å². The third-order valence-corrected chi connectivity index (χ3v) is 3.46. The van der Waals surface area contributed by atoms with E-state index in [4.69, 9.17) is 4.74 Å². The lowest BCUT2D eigenvalue weighted by Gasteiger charge is -2.11. The van der Waals surface area contributed by atoms with Gasteiger partial charge < -0.3 is 9.84 Å². The van der Waals surface area contributed by atoms with Crippen LogP contribution in [-0.2, 0) is 13.2 Å². The van der Waals surface area contributed by atoms with Gasteiger partial charge >= 0.3 is 0 Å². The first-order valence-corrected chi connectivity index (χ1v) is 7.14. The molecule has 0 amide bonds. The van der Waals surface area contributed by atoms with E-state index in [1.54, 1.807) is 18.2 Å². The highest BCUT2D eigenvalue weighted by Crippen LogP contribution is 2.24. The fourth-order valence-corrected chi connectivity index (χ4v) is 2.59. The van der Waals surface area contributed by atoms with Crippen LogP contribution in [0.2, 0.25) is 0 Å². The van der Waals surface area contributed by atoms with Gasteiger partial charge in [0.1, 0.15) is 18.2 Å². The normalized spacial score (nSPS) is 10.5. The van der Waals surface area contributed by atoms with Crippen molar-refractivity contribution in [1.29, 1.82) is 0 Å². The number of halogens is 3. The van der Waals surface area contributed by atoms with E-state index < -0.39 is 0 Å². The van der Waals surface area contributed by atoms with Crippen molar-refractivity contribution < 1.29 is 14.2 Å². The quantitative estimate of drug-likeness (QED) is 0.838. The molecule has 100 valence electrons. The summed E-state index contributed by atoms with van der Waals surface area (Å²) in [6, 6.07) is 9.99. The highest BCUT2D eigenvalue weighted by molar-refractivity contribution is 9.10. The minimum absolute atomic E-state index is 0.110. The summed E-state index contributed by atoms with van der Waals surface area (Å²) in [6.07, 6.45) is 0. The molecule has 2 aromatic rings. The molecule has 0 aliphatic rings. The van der Waals surface area contributed by atoms with Gasteiger partial charge in [0.15, 0.2) is 0 Å². The lowest BCUT2D eigenvalue weighted by atomic mass is 10.2. The molecule has 0 saturated heterocycles. The second-order valence-corrected chi connectivity index (χ2v) is 5.81. The Balaban J connectivity index is 2.14. The average Bonchev–Trinajstić information content (AvgIpc) is 2.36. The molecule has 2 nitrogen and oxygen atoms in total. The van der Waals surface area contributed by atoms with Crippen molar-refractivity contribution in [2.24, 2.45) is 0 Å². The van der Waals surface area contributed by atoms with Gasteiger partial charge in [0.25, 0.3) is 0 Å². The summed E-state index contributed by atoms with van der Waals surface area (Å²) in [6.45, 7) is 0.132. The van der Waals surface area contributed by atoms with Crippen LogP contribution in [0.1, 0.15) is 11.1 Å². The Morgan fingerprint density at radius 1 is 1.05 bits per heavy atom. The van der Waals surface area contributed by atoms with Gasteiger partial charge in [0, 0.05) is 14.5 Å². The summed E-state index contributed by atoms with van der Waals surface area (Å²) in [5, 5.41) is 9.26. The van der Waals surface area contributed by atoms with Gasteiger partial charge in [-0.25, -0.2) is 4.39 Å². The van der Waals surface area contributed by atoms with E-state index in [1.165, 1.54) is 12.1 Å². The Bertz CT molecular complexity index is 567. The lowest BCUT2D eigenvalue weighted by molar-refractivity contribution is 0.258. The highest BCUT2D eigenvalue weighted by Gasteiger charge is 2.05. The third kappa shape index (κ3) is 4.03. The topological polar surface area (TPSA) is 29.5 Å². The summed E-state index contributed by atoms with van der Waals surface area (Å²) in [7, 11) is 0. The molecule has 1 N–H and O–H groups in total. The molecule has 2 aromatic carbocycles. The number of benzene rings is 2. The number of aliphatic hydroxyl groups excluding tert-OH is 1. The van der Waals surface area contributed by atoms with Crippen molar-refractivity contribution in [1.82, 2.24) is 0 Å². The first-order chi connectivity index (χ1) is 9.08. The average molecular weight is 390 g/mol. The second kappa shape index (κ2) is 6.50. The van der Waals surface area contributed by atoms with Crippen LogP contribution < -0.4 is 4.74 Å². The summed E-state index contributed by atoms with van der Waals surface area (Å²) >= 11 is 6.56. The van der Waals surface area contributed by atoms with Gasteiger partial charge in [-0.2, -0.15) is 0 Å². The van der Waals surface area contributed by atoms with E-state index >= 15 is 0 Å². The molecular formula is C14H11Br2FO2. The van der Waals surface area contributed by atoms with Crippen molar-refractivity contribution in [3.63, 3.8) is 0 Å². The molecule has 0 aromatic heterocycles. The van der Waals surface area contributed by atoms with Crippen LogP contribution in [0.15, 0.2) is 45.3 Å². The van der Waals surface area contributed by atoms with Gasteiger partial charge in [-0.1, -0.05) is 31.9 Å². The Hall–Kier alpha value is -0.910. The summed E-state index contributed by atoms with van der Waals surface area (Å²) in [5.41, 5.74) is 1.41. The van der Waals surface area contributed by atoms with E-state index in [9.17, 15) is 9.50 Å². The zero-order valence-electron chi connectivity index (χ0n) is 9.87. The molecule has 0 aliphatic heterocycles. The summed E-state index contributed by atoms with van der Waals surface area (Å²) in [5.74, 6) is 0.275. The van der Waals surface area contributed by atoms with E-state index in [0.717, 1.165) is 10.0 Å². The van der Waals surface area contributed by atoms with Crippen LogP contribution in [0, 0.1) is 5.82 Å². The maximum absolute atomic E-state index is 13.2. The predicted molar refractivity (Wildman–Crippen MR) is 78.5 cm³/mol. The monoisotopic (exact) mass is 388 g/mol. The van der Waals surface area contributed by atoms with E-state index in [2.05, 4.69) is 31.9 Å². The molecular weight excluding hydrogens is 379 g/mol. The van der Waals surface area contributed by atoms with Gasteiger partial charge in [-0.05, 0) is 42.0 Å². The van der Waals surface area contributed by atoms with Gasteiger partial charge in [-0.15, -0.1) is 0 Å².